The van der Waals surface area contributed by atoms with E-state index in [-0.39, 0.29) is 0 Å². The number of fused-ring (bicyclic) bond motifs is 3. The summed E-state index contributed by atoms with van der Waals surface area (Å²) in [6, 6.07) is 10.7. The van der Waals surface area contributed by atoms with Crippen molar-refractivity contribution in [2.45, 2.75) is 70.4 Å². The van der Waals surface area contributed by atoms with E-state index in [0.29, 0.717) is 0 Å². The summed E-state index contributed by atoms with van der Waals surface area (Å²) in [7, 11) is 0. The molecule has 1 nitrogen and oxygen atoms in total. The minimum absolute atomic E-state index is 0.724. The van der Waals surface area contributed by atoms with E-state index in [2.05, 4.69) is 36.5 Å². The van der Waals surface area contributed by atoms with Crippen LogP contribution in [0.25, 0.3) is 0 Å². The molecule has 2 fully saturated rings. The summed E-state index contributed by atoms with van der Waals surface area (Å²) in [5.41, 5.74) is 3.26. The van der Waals surface area contributed by atoms with Crippen LogP contribution in [0.2, 0.25) is 0 Å². The first-order valence-corrected chi connectivity index (χ1v) is 9.14. The Kier molecular flexibility index (Phi) is 3.79. The zero-order valence-corrected chi connectivity index (χ0v) is 13.4. The second-order valence-corrected chi connectivity index (χ2v) is 7.80. The fourth-order valence-corrected chi connectivity index (χ4v) is 5.32. The third-order valence-electron chi connectivity index (χ3n) is 6.57. The summed E-state index contributed by atoms with van der Waals surface area (Å²) >= 11 is 0. The van der Waals surface area contributed by atoms with Crippen molar-refractivity contribution < 1.29 is 0 Å². The Morgan fingerprint density at radius 1 is 0.905 bits per heavy atom. The van der Waals surface area contributed by atoms with Crippen LogP contribution in [0.5, 0.6) is 0 Å². The molecule has 0 radical (unpaired) electrons. The van der Waals surface area contributed by atoms with Crippen molar-refractivity contribution in [1.82, 2.24) is 5.32 Å². The van der Waals surface area contributed by atoms with Crippen LogP contribution >= 0.6 is 0 Å². The van der Waals surface area contributed by atoms with Crippen LogP contribution in [0.3, 0.4) is 0 Å². The van der Waals surface area contributed by atoms with Crippen LogP contribution in [0.15, 0.2) is 24.3 Å². The predicted octanol–water partition coefficient (Wildman–Crippen LogP) is 4.35. The van der Waals surface area contributed by atoms with Gasteiger partial charge in [-0.05, 0) is 74.3 Å². The Balaban J connectivity index is 1.49. The Bertz CT molecular complexity index is 455. The lowest BCUT2D eigenvalue weighted by atomic mass is 9.91. The molecule has 0 aliphatic heterocycles. The molecule has 0 aromatic heterocycles. The molecule has 4 rings (SSSR count). The highest BCUT2D eigenvalue weighted by molar-refractivity contribution is 5.30. The summed E-state index contributed by atoms with van der Waals surface area (Å²) < 4.78 is 0. The van der Waals surface area contributed by atoms with Crippen molar-refractivity contribution in [3.63, 3.8) is 0 Å². The third-order valence-corrected chi connectivity index (χ3v) is 6.57. The van der Waals surface area contributed by atoms with E-state index in [9.17, 15) is 0 Å². The molecule has 2 bridgehead atoms. The number of rotatable bonds is 3. The van der Waals surface area contributed by atoms with Gasteiger partial charge >= 0.3 is 0 Å². The van der Waals surface area contributed by atoms with Crippen LogP contribution in [0, 0.1) is 17.8 Å². The van der Waals surface area contributed by atoms with Crippen LogP contribution in [-0.4, -0.2) is 12.1 Å². The van der Waals surface area contributed by atoms with E-state index in [1.807, 2.05) is 0 Å². The summed E-state index contributed by atoms with van der Waals surface area (Å²) in [4.78, 5) is 0. The van der Waals surface area contributed by atoms with Gasteiger partial charge in [-0.25, -0.2) is 0 Å². The van der Waals surface area contributed by atoms with Crippen LogP contribution in [0.4, 0.5) is 0 Å². The molecule has 0 heterocycles. The molecule has 1 aromatic carbocycles. The molecule has 0 spiro atoms. The summed E-state index contributed by atoms with van der Waals surface area (Å²) in [5.74, 6) is 2.69. The lowest BCUT2D eigenvalue weighted by Crippen LogP contribution is -2.45. The fraction of sp³-hybridized carbons (Fsp3) is 0.700. The first-order valence-electron chi connectivity index (χ1n) is 9.14. The largest absolute Gasteiger partial charge is 0.311 e. The lowest BCUT2D eigenvalue weighted by molar-refractivity contribution is 0.268. The van der Waals surface area contributed by atoms with E-state index in [1.54, 1.807) is 11.1 Å². The number of hydrogen-bond acceptors (Lipinski definition) is 1. The average molecular weight is 283 g/mol. The molecule has 0 saturated heterocycles. The first-order chi connectivity index (χ1) is 10.3. The molecule has 0 amide bonds. The monoisotopic (exact) mass is 283 g/mol. The summed E-state index contributed by atoms with van der Waals surface area (Å²) in [6.45, 7) is 2.45. The zero-order chi connectivity index (χ0) is 14.2. The van der Waals surface area contributed by atoms with Gasteiger partial charge in [-0.1, -0.05) is 37.1 Å². The van der Waals surface area contributed by atoms with E-state index in [1.165, 1.54) is 51.4 Å². The number of nitrogens with one attached hydrogen (secondary N) is 1. The van der Waals surface area contributed by atoms with Crippen LogP contribution in [0.1, 0.15) is 56.6 Å². The Hall–Kier alpha value is -0.820. The molecule has 3 aliphatic carbocycles. The average Bonchev–Trinajstić information content (AvgIpc) is 3.08. The Morgan fingerprint density at radius 3 is 2.05 bits per heavy atom. The van der Waals surface area contributed by atoms with Gasteiger partial charge in [0.1, 0.15) is 0 Å². The normalized spacial score (nSPS) is 33.7. The second-order valence-electron chi connectivity index (χ2n) is 7.80. The molecule has 3 aliphatic rings. The summed E-state index contributed by atoms with van der Waals surface area (Å²) in [5, 5.41) is 4.10. The SMILES string of the molecule is CC(NC1C2CCC1Cc1ccccc1C2)C1CCCC1. The van der Waals surface area contributed by atoms with E-state index < -0.39 is 0 Å². The molecular formula is C20H29N. The van der Waals surface area contributed by atoms with Crippen molar-refractivity contribution in [3.8, 4) is 0 Å². The highest BCUT2D eigenvalue weighted by Crippen LogP contribution is 2.41. The van der Waals surface area contributed by atoms with E-state index in [0.717, 1.165) is 29.8 Å². The van der Waals surface area contributed by atoms with Gasteiger partial charge in [-0.2, -0.15) is 0 Å². The van der Waals surface area contributed by atoms with Gasteiger partial charge in [0.15, 0.2) is 0 Å². The highest BCUT2D eigenvalue weighted by atomic mass is 15.0. The van der Waals surface area contributed by atoms with E-state index in [4.69, 9.17) is 0 Å². The molecular weight excluding hydrogens is 254 g/mol. The van der Waals surface area contributed by atoms with Crippen molar-refractivity contribution in [1.29, 1.82) is 0 Å². The molecule has 114 valence electrons. The molecule has 3 atom stereocenters. The maximum Gasteiger partial charge on any atom is 0.0132 e. The molecule has 2 saturated carbocycles. The van der Waals surface area contributed by atoms with Gasteiger partial charge in [-0.3, -0.25) is 0 Å². The minimum Gasteiger partial charge on any atom is -0.311 e. The maximum absolute atomic E-state index is 4.10. The molecule has 3 unspecified atom stereocenters. The molecule has 1 N–H and O–H groups in total. The Labute approximate surface area is 129 Å². The van der Waals surface area contributed by atoms with Crippen molar-refractivity contribution in [2.75, 3.05) is 0 Å². The molecule has 1 aromatic rings. The molecule has 21 heavy (non-hydrogen) atoms. The highest BCUT2D eigenvalue weighted by Gasteiger charge is 2.40. The van der Waals surface area contributed by atoms with Gasteiger partial charge < -0.3 is 5.32 Å². The van der Waals surface area contributed by atoms with Crippen molar-refractivity contribution in [2.24, 2.45) is 17.8 Å². The smallest absolute Gasteiger partial charge is 0.0132 e. The zero-order valence-electron chi connectivity index (χ0n) is 13.4. The minimum atomic E-state index is 0.724. The predicted molar refractivity (Wildman–Crippen MR) is 88.4 cm³/mol. The first kappa shape index (κ1) is 13.8. The van der Waals surface area contributed by atoms with E-state index >= 15 is 0 Å². The van der Waals surface area contributed by atoms with Gasteiger partial charge in [0, 0.05) is 12.1 Å². The number of hydrogen-bond donors (Lipinski definition) is 1. The standard InChI is InChI=1S/C20H29N/c1-14(15-6-2-3-7-15)21-20-18-10-11-19(20)13-17-9-5-4-8-16(17)12-18/h4-5,8-9,14-15,18-21H,2-3,6-7,10-13H2,1H3. The van der Waals surface area contributed by atoms with Crippen molar-refractivity contribution >= 4 is 0 Å². The quantitative estimate of drug-likeness (QED) is 0.869. The second kappa shape index (κ2) is 5.76. The lowest BCUT2D eigenvalue weighted by Gasteiger charge is -2.30. The number of benzene rings is 1. The van der Waals surface area contributed by atoms with Crippen LogP contribution in [-0.2, 0) is 12.8 Å². The fourth-order valence-electron chi connectivity index (χ4n) is 5.32. The summed E-state index contributed by atoms with van der Waals surface area (Å²) in [6.07, 6.45) is 11.3. The Morgan fingerprint density at radius 2 is 1.48 bits per heavy atom. The van der Waals surface area contributed by atoms with Gasteiger partial charge in [0.25, 0.3) is 0 Å². The van der Waals surface area contributed by atoms with Gasteiger partial charge in [0.2, 0.25) is 0 Å². The van der Waals surface area contributed by atoms with Crippen molar-refractivity contribution in [3.05, 3.63) is 35.4 Å². The van der Waals surface area contributed by atoms with Crippen LogP contribution < -0.4 is 5.32 Å². The van der Waals surface area contributed by atoms with Gasteiger partial charge in [0.05, 0.1) is 0 Å². The third kappa shape index (κ3) is 2.65. The topological polar surface area (TPSA) is 12.0 Å². The van der Waals surface area contributed by atoms with Gasteiger partial charge in [-0.15, -0.1) is 0 Å². The maximum atomic E-state index is 4.10. The molecule has 1 heteroatoms.